The Balaban J connectivity index is 2.04. The van der Waals surface area contributed by atoms with Crippen LogP contribution in [0.15, 0.2) is 47.6 Å². The van der Waals surface area contributed by atoms with Gasteiger partial charge in [0.25, 0.3) is 0 Å². The molecule has 2 aromatic heterocycles. The lowest BCUT2D eigenvalue weighted by atomic mass is 10.3. The summed E-state index contributed by atoms with van der Waals surface area (Å²) < 4.78 is 26.9. The van der Waals surface area contributed by atoms with Crippen LogP contribution in [0.25, 0.3) is 0 Å². The van der Waals surface area contributed by atoms with Crippen LogP contribution in [0.5, 0.6) is 0 Å². The predicted molar refractivity (Wildman–Crippen MR) is 76.9 cm³/mol. The number of pyridine rings is 2. The zero-order chi connectivity index (χ0) is 14.4. The Morgan fingerprint density at radius 1 is 1.10 bits per heavy atom. The molecular formula is C13H16N4O2S. The van der Waals surface area contributed by atoms with Crippen LogP contribution in [-0.4, -0.2) is 32.0 Å². The summed E-state index contributed by atoms with van der Waals surface area (Å²) in [4.78, 5) is 8.27. The van der Waals surface area contributed by atoms with E-state index in [2.05, 4.69) is 20.0 Å². The third-order valence-corrected chi connectivity index (χ3v) is 4.19. The highest BCUT2D eigenvalue weighted by Gasteiger charge is 2.18. The summed E-state index contributed by atoms with van der Waals surface area (Å²) in [6.07, 6.45) is 3.76. The Labute approximate surface area is 118 Å². The summed E-state index contributed by atoms with van der Waals surface area (Å²) in [5.74, 6) is 0.331. The van der Waals surface area contributed by atoms with E-state index in [1.807, 2.05) is 18.2 Å². The number of hydrogen-bond acceptors (Lipinski definition) is 5. The largest absolute Gasteiger partial charge is 0.372 e. The van der Waals surface area contributed by atoms with Gasteiger partial charge in [-0.2, -0.15) is 0 Å². The Morgan fingerprint density at radius 2 is 1.90 bits per heavy atom. The maximum Gasteiger partial charge on any atom is 0.244 e. The number of hydrogen-bond donors (Lipinski definition) is 2. The van der Waals surface area contributed by atoms with Crippen LogP contribution >= 0.6 is 0 Å². The summed E-state index contributed by atoms with van der Waals surface area (Å²) in [5.41, 5.74) is 0.843. The van der Waals surface area contributed by atoms with Gasteiger partial charge in [-0.1, -0.05) is 6.07 Å². The molecule has 0 fully saturated rings. The van der Waals surface area contributed by atoms with Crippen molar-refractivity contribution in [2.75, 3.05) is 18.9 Å². The molecule has 106 valence electrons. The van der Waals surface area contributed by atoms with Crippen molar-refractivity contribution in [3.05, 3.63) is 48.4 Å². The summed E-state index contributed by atoms with van der Waals surface area (Å²) >= 11 is 0. The average Bonchev–Trinajstić information content (AvgIpc) is 2.48. The third-order valence-electron chi connectivity index (χ3n) is 2.70. The summed E-state index contributed by atoms with van der Waals surface area (Å²) in [6.45, 7) is 0.289. The van der Waals surface area contributed by atoms with Gasteiger partial charge in [-0.05, 0) is 24.3 Å². The van der Waals surface area contributed by atoms with E-state index in [4.69, 9.17) is 0 Å². The van der Waals surface area contributed by atoms with E-state index in [0.29, 0.717) is 12.2 Å². The van der Waals surface area contributed by atoms with Crippen molar-refractivity contribution in [1.29, 1.82) is 0 Å². The fourth-order valence-electron chi connectivity index (χ4n) is 1.73. The summed E-state index contributed by atoms with van der Waals surface area (Å²) in [5, 5.41) is 2.77. The number of rotatable bonds is 6. The second kappa shape index (κ2) is 6.44. The summed E-state index contributed by atoms with van der Waals surface area (Å²) in [6, 6.07) is 8.66. The smallest absolute Gasteiger partial charge is 0.244 e. The minimum absolute atomic E-state index is 0.142. The Morgan fingerprint density at radius 3 is 2.60 bits per heavy atom. The monoisotopic (exact) mass is 292 g/mol. The highest BCUT2D eigenvalue weighted by Crippen LogP contribution is 2.16. The lowest BCUT2D eigenvalue weighted by molar-refractivity contribution is 0.581. The van der Waals surface area contributed by atoms with Crippen molar-refractivity contribution in [3.8, 4) is 0 Å². The molecule has 0 spiro atoms. The molecule has 0 amide bonds. The first kappa shape index (κ1) is 14.4. The first-order valence-electron chi connectivity index (χ1n) is 6.16. The summed E-state index contributed by atoms with van der Waals surface area (Å²) in [7, 11) is -1.94. The molecule has 0 saturated carbocycles. The second-order valence-corrected chi connectivity index (χ2v) is 5.80. The topological polar surface area (TPSA) is 84.0 Å². The van der Waals surface area contributed by atoms with Crippen LogP contribution in [-0.2, 0) is 16.4 Å². The zero-order valence-electron chi connectivity index (χ0n) is 11.1. The zero-order valence-corrected chi connectivity index (χ0v) is 11.9. The number of aromatic nitrogens is 2. The fraction of sp³-hybridized carbons (Fsp3) is 0.231. The van der Waals surface area contributed by atoms with Gasteiger partial charge in [0.1, 0.15) is 10.7 Å². The van der Waals surface area contributed by atoms with Crippen LogP contribution in [0.1, 0.15) is 5.69 Å². The molecule has 2 aromatic rings. The van der Waals surface area contributed by atoms with E-state index in [1.54, 1.807) is 25.5 Å². The van der Waals surface area contributed by atoms with Crippen molar-refractivity contribution < 1.29 is 8.42 Å². The molecule has 2 N–H and O–H groups in total. The van der Waals surface area contributed by atoms with Gasteiger partial charge >= 0.3 is 0 Å². The molecular weight excluding hydrogens is 276 g/mol. The first-order chi connectivity index (χ1) is 9.63. The highest BCUT2D eigenvalue weighted by molar-refractivity contribution is 7.89. The molecule has 20 heavy (non-hydrogen) atoms. The van der Waals surface area contributed by atoms with Gasteiger partial charge in [0.2, 0.25) is 10.0 Å². The Hall–Kier alpha value is -1.99. The highest BCUT2D eigenvalue weighted by atomic mass is 32.2. The Kier molecular flexibility index (Phi) is 4.65. The molecule has 0 aromatic carbocycles. The maximum atomic E-state index is 12.2. The lowest BCUT2D eigenvalue weighted by Gasteiger charge is -2.09. The van der Waals surface area contributed by atoms with Crippen LogP contribution in [0.3, 0.4) is 0 Å². The molecule has 0 radical (unpaired) electrons. The van der Waals surface area contributed by atoms with Gasteiger partial charge in [0.05, 0.1) is 0 Å². The van der Waals surface area contributed by atoms with Crippen molar-refractivity contribution in [2.24, 2.45) is 0 Å². The molecule has 0 aliphatic carbocycles. The Bertz CT molecular complexity index is 659. The van der Waals surface area contributed by atoms with Crippen LogP contribution in [0.2, 0.25) is 0 Å². The van der Waals surface area contributed by atoms with Crippen molar-refractivity contribution >= 4 is 15.8 Å². The van der Waals surface area contributed by atoms with E-state index >= 15 is 0 Å². The van der Waals surface area contributed by atoms with E-state index in [1.165, 1.54) is 6.07 Å². The van der Waals surface area contributed by atoms with Crippen molar-refractivity contribution in [3.63, 3.8) is 0 Å². The van der Waals surface area contributed by atoms with E-state index in [9.17, 15) is 8.42 Å². The van der Waals surface area contributed by atoms with Crippen LogP contribution in [0.4, 0.5) is 5.82 Å². The van der Waals surface area contributed by atoms with E-state index < -0.39 is 10.0 Å². The number of nitrogens with one attached hydrogen (secondary N) is 2. The molecule has 0 unspecified atom stereocenters. The van der Waals surface area contributed by atoms with Gasteiger partial charge in [-0.15, -0.1) is 0 Å². The number of nitrogens with zero attached hydrogens (tertiary/aromatic N) is 2. The molecule has 7 heteroatoms. The number of anilines is 1. The predicted octanol–water partition coefficient (Wildman–Crippen LogP) is 1.04. The van der Waals surface area contributed by atoms with Gasteiger partial charge < -0.3 is 5.32 Å². The minimum Gasteiger partial charge on any atom is -0.372 e. The number of sulfonamides is 1. The average molecular weight is 292 g/mol. The third kappa shape index (κ3) is 3.52. The normalized spacial score (nSPS) is 11.2. The second-order valence-electron chi connectivity index (χ2n) is 4.07. The van der Waals surface area contributed by atoms with Crippen LogP contribution in [0, 0.1) is 0 Å². The molecule has 0 atom stereocenters. The molecule has 0 bridgehead atoms. The first-order valence-corrected chi connectivity index (χ1v) is 7.64. The standard InChI is InChI=1S/C13H16N4O2S/c1-14-13-12(6-4-9-16-13)20(18,19)17-10-7-11-5-2-3-8-15-11/h2-6,8-9,17H,7,10H2,1H3,(H,14,16). The SMILES string of the molecule is CNc1ncccc1S(=O)(=O)NCCc1ccccn1. The molecule has 0 saturated heterocycles. The molecule has 6 nitrogen and oxygen atoms in total. The molecule has 0 aliphatic rings. The van der Waals surface area contributed by atoms with Gasteiger partial charge in [0, 0.05) is 38.1 Å². The van der Waals surface area contributed by atoms with Gasteiger partial charge in [-0.3, -0.25) is 4.98 Å². The molecule has 2 heterocycles. The molecule has 2 rings (SSSR count). The van der Waals surface area contributed by atoms with Crippen molar-refractivity contribution in [2.45, 2.75) is 11.3 Å². The fourth-order valence-corrected chi connectivity index (χ4v) is 2.93. The molecule has 0 aliphatic heterocycles. The van der Waals surface area contributed by atoms with Gasteiger partial charge in [-0.25, -0.2) is 18.1 Å². The quantitative estimate of drug-likeness (QED) is 0.831. The van der Waals surface area contributed by atoms with Gasteiger partial charge in [0.15, 0.2) is 0 Å². The van der Waals surface area contributed by atoms with Crippen LogP contribution < -0.4 is 10.0 Å². The lowest BCUT2D eigenvalue weighted by Crippen LogP contribution is -2.27. The van der Waals surface area contributed by atoms with E-state index in [-0.39, 0.29) is 11.4 Å². The van der Waals surface area contributed by atoms with Crippen molar-refractivity contribution in [1.82, 2.24) is 14.7 Å². The van der Waals surface area contributed by atoms with E-state index in [0.717, 1.165) is 5.69 Å². The minimum atomic E-state index is -3.58. The maximum absolute atomic E-state index is 12.2.